The van der Waals surface area contributed by atoms with Gasteiger partial charge in [0.15, 0.2) is 5.78 Å². The van der Waals surface area contributed by atoms with E-state index in [9.17, 15) is 14.4 Å². The van der Waals surface area contributed by atoms with Crippen LogP contribution in [0.4, 0.5) is 0 Å². The lowest BCUT2D eigenvalue weighted by Gasteiger charge is -2.20. The van der Waals surface area contributed by atoms with Gasteiger partial charge in [-0.15, -0.1) is 0 Å². The van der Waals surface area contributed by atoms with Crippen molar-refractivity contribution in [3.8, 4) is 0 Å². The molecule has 6 heteroatoms. The van der Waals surface area contributed by atoms with E-state index in [1.54, 1.807) is 45.9 Å². The molecule has 5 nitrogen and oxygen atoms in total. The van der Waals surface area contributed by atoms with Crippen LogP contribution in [0.25, 0.3) is 0 Å². The van der Waals surface area contributed by atoms with Gasteiger partial charge in [0.25, 0.3) is 0 Å². The van der Waals surface area contributed by atoms with E-state index in [1.807, 2.05) is 6.07 Å². The highest BCUT2D eigenvalue weighted by molar-refractivity contribution is 9.10. The Balaban J connectivity index is 2.48. The summed E-state index contributed by atoms with van der Waals surface area (Å²) < 4.78 is 5.86. The number of ketones is 1. The van der Waals surface area contributed by atoms with E-state index in [4.69, 9.17) is 4.74 Å². The highest BCUT2D eigenvalue weighted by atomic mass is 79.9. The summed E-state index contributed by atoms with van der Waals surface area (Å²) in [5.41, 5.74) is -0.0735. The first kappa shape index (κ1) is 19.4. The highest BCUT2D eigenvalue weighted by Crippen LogP contribution is 2.16. The van der Waals surface area contributed by atoms with Gasteiger partial charge in [0.2, 0.25) is 5.91 Å². The van der Waals surface area contributed by atoms with Crippen LogP contribution in [-0.4, -0.2) is 29.8 Å². The molecule has 1 amide bonds. The van der Waals surface area contributed by atoms with Gasteiger partial charge in [-0.05, 0) is 26.8 Å². The standard InChI is InChI=1S/C17H22BrNO4/c1-11(9-15(21)23-17(2,3)4)16(22)19-10-14(20)12-7-5-6-8-13(12)18/h5-8,11H,9-10H2,1-4H3,(H,19,22). The average Bonchev–Trinajstić information content (AvgIpc) is 2.42. The molecule has 0 aromatic heterocycles. The molecular weight excluding hydrogens is 362 g/mol. The SMILES string of the molecule is CC(CC(=O)OC(C)(C)C)C(=O)NCC(=O)c1ccccc1Br. The van der Waals surface area contributed by atoms with Crippen molar-refractivity contribution in [2.24, 2.45) is 5.92 Å². The van der Waals surface area contributed by atoms with E-state index < -0.39 is 17.5 Å². The van der Waals surface area contributed by atoms with Crippen LogP contribution in [0, 0.1) is 5.92 Å². The topological polar surface area (TPSA) is 72.5 Å². The summed E-state index contributed by atoms with van der Waals surface area (Å²) in [4.78, 5) is 35.8. The fourth-order valence-corrected chi connectivity index (χ4v) is 2.36. The Bertz CT molecular complexity index is 593. The number of esters is 1. The summed E-state index contributed by atoms with van der Waals surface area (Å²) in [6, 6.07) is 7.01. The minimum atomic E-state index is -0.581. The Morgan fingerprint density at radius 3 is 2.39 bits per heavy atom. The van der Waals surface area contributed by atoms with Crippen LogP contribution >= 0.6 is 15.9 Å². The summed E-state index contributed by atoms with van der Waals surface area (Å²) in [6.07, 6.45) is -0.0215. The second kappa shape index (κ2) is 8.24. The van der Waals surface area contributed by atoms with Crippen LogP contribution < -0.4 is 5.32 Å². The number of ether oxygens (including phenoxy) is 1. The minimum Gasteiger partial charge on any atom is -0.460 e. The fraction of sp³-hybridized carbons (Fsp3) is 0.471. The molecule has 0 aliphatic carbocycles. The van der Waals surface area contributed by atoms with Crippen molar-refractivity contribution < 1.29 is 19.1 Å². The summed E-state index contributed by atoms with van der Waals surface area (Å²) >= 11 is 3.30. The Morgan fingerprint density at radius 1 is 1.22 bits per heavy atom. The highest BCUT2D eigenvalue weighted by Gasteiger charge is 2.22. The predicted octanol–water partition coefficient (Wildman–Crippen LogP) is 3.12. The molecule has 0 aliphatic rings. The van der Waals surface area contributed by atoms with Crippen LogP contribution in [0.5, 0.6) is 0 Å². The molecule has 23 heavy (non-hydrogen) atoms. The van der Waals surface area contributed by atoms with Crippen LogP contribution in [0.2, 0.25) is 0 Å². The molecule has 126 valence electrons. The van der Waals surface area contributed by atoms with E-state index in [0.29, 0.717) is 10.0 Å². The zero-order chi connectivity index (χ0) is 17.6. The van der Waals surface area contributed by atoms with E-state index in [1.165, 1.54) is 0 Å². The van der Waals surface area contributed by atoms with Crippen LogP contribution in [0.3, 0.4) is 0 Å². The molecule has 0 spiro atoms. The Labute approximate surface area is 144 Å². The molecule has 1 atom stereocenters. The van der Waals surface area contributed by atoms with Gasteiger partial charge in [-0.3, -0.25) is 14.4 Å². The molecule has 0 saturated carbocycles. The minimum absolute atomic E-state index is 0.0215. The normalized spacial score (nSPS) is 12.4. The summed E-state index contributed by atoms with van der Waals surface area (Å²) in [6.45, 7) is 6.83. The number of rotatable bonds is 6. The third-order valence-electron chi connectivity index (χ3n) is 2.94. The molecular formula is C17H22BrNO4. The van der Waals surface area contributed by atoms with Crippen molar-refractivity contribution >= 4 is 33.6 Å². The fourth-order valence-electron chi connectivity index (χ4n) is 1.85. The van der Waals surface area contributed by atoms with Gasteiger partial charge in [0.1, 0.15) is 5.60 Å². The van der Waals surface area contributed by atoms with Gasteiger partial charge < -0.3 is 10.1 Å². The number of nitrogens with one attached hydrogen (secondary N) is 1. The number of hydrogen-bond acceptors (Lipinski definition) is 4. The molecule has 1 unspecified atom stereocenters. The van der Waals surface area contributed by atoms with Crippen molar-refractivity contribution in [1.82, 2.24) is 5.32 Å². The zero-order valence-electron chi connectivity index (χ0n) is 13.8. The number of amides is 1. The van der Waals surface area contributed by atoms with Crippen LogP contribution in [0.1, 0.15) is 44.5 Å². The number of halogens is 1. The lowest BCUT2D eigenvalue weighted by Crippen LogP contribution is -2.35. The first-order valence-corrected chi connectivity index (χ1v) is 8.16. The van der Waals surface area contributed by atoms with Crippen molar-refractivity contribution in [2.75, 3.05) is 6.54 Å². The number of Topliss-reactive ketones (excluding diaryl/α,β-unsaturated/α-hetero) is 1. The molecule has 0 heterocycles. The molecule has 0 saturated heterocycles. The quantitative estimate of drug-likeness (QED) is 0.604. The van der Waals surface area contributed by atoms with Gasteiger partial charge >= 0.3 is 5.97 Å². The monoisotopic (exact) mass is 383 g/mol. The van der Waals surface area contributed by atoms with Crippen molar-refractivity contribution in [3.63, 3.8) is 0 Å². The van der Waals surface area contributed by atoms with Crippen molar-refractivity contribution in [3.05, 3.63) is 34.3 Å². The van der Waals surface area contributed by atoms with Crippen molar-refractivity contribution in [1.29, 1.82) is 0 Å². The maximum Gasteiger partial charge on any atom is 0.307 e. The summed E-state index contributed by atoms with van der Waals surface area (Å²) in [7, 11) is 0. The molecule has 0 radical (unpaired) electrons. The maximum absolute atomic E-state index is 12.1. The van der Waals surface area contributed by atoms with Gasteiger partial charge in [0.05, 0.1) is 13.0 Å². The van der Waals surface area contributed by atoms with Gasteiger partial charge in [-0.25, -0.2) is 0 Å². The Morgan fingerprint density at radius 2 is 1.83 bits per heavy atom. The first-order valence-electron chi connectivity index (χ1n) is 7.37. The zero-order valence-corrected chi connectivity index (χ0v) is 15.4. The smallest absolute Gasteiger partial charge is 0.307 e. The molecule has 0 bridgehead atoms. The van der Waals surface area contributed by atoms with E-state index in [2.05, 4.69) is 21.2 Å². The summed E-state index contributed by atoms with van der Waals surface area (Å²) in [5, 5.41) is 2.56. The summed E-state index contributed by atoms with van der Waals surface area (Å²) in [5.74, 6) is -1.54. The second-order valence-corrected chi connectivity index (χ2v) is 7.17. The molecule has 0 aliphatic heterocycles. The van der Waals surface area contributed by atoms with Crippen LogP contribution in [-0.2, 0) is 14.3 Å². The van der Waals surface area contributed by atoms with Crippen molar-refractivity contribution in [2.45, 2.75) is 39.7 Å². The number of carbonyl (C=O) groups excluding carboxylic acids is 3. The van der Waals surface area contributed by atoms with Gasteiger partial charge in [-0.1, -0.05) is 41.1 Å². The second-order valence-electron chi connectivity index (χ2n) is 6.31. The average molecular weight is 384 g/mol. The molecule has 1 N–H and O–H groups in total. The van der Waals surface area contributed by atoms with E-state index in [0.717, 1.165) is 0 Å². The number of benzene rings is 1. The largest absolute Gasteiger partial charge is 0.460 e. The van der Waals surface area contributed by atoms with Gasteiger partial charge in [0, 0.05) is 16.0 Å². The molecule has 0 fully saturated rings. The van der Waals surface area contributed by atoms with Crippen LogP contribution in [0.15, 0.2) is 28.7 Å². The van der Waals surface area contributed by atoms with Gasteiger partial charge in [-0.2, -0.15) is 0 Å². The number of carbonyl (C=O) groups is 3. The molecule has 1 rings (SSSR count). The third kappa shape index (κ3) is 6.95. The Kier molecular flexibility index (Phi) is 6.94. The first-order chi connectivity index (χ1) is 10.6. The number of hydrogen-bond donors (Lipinski definition) is 1. The lowest BCUT2D eigenvalue weighted by molar-refractivity contribution is -0.157. The maximum atomic E-state index is 12.1. The van der Waals surface area contributed by atoms with E-state index in [-0.39, 0.29) is 24.7 Å². The molecule has 1 aromatic carbocycles. The Hall–Kier alpha value is -1.69. The van der Waals surface area contributed by atoms with E-state index >= 15 is 0 Å². The third-order valence-corrected chi connectivity index (χ3v) is 3.63. The lowest BCUT2D eigenvalue weighted by atomic mass is 10.1. The predicted molar refractivity (Wildman–Crippen MR) is 91.1 cm³/mol. The molecule has 1 aromatic rings.